The number of carbonyl (C=O) groups excluding carboxylic acids is 1. The van der Waals surface area contributed by atoms with E-state index in [-0.39, 0.29) is 12.5 Å². The zero-order valence-electron chi connectivity index (χ0n) is 13.6. The van der Waals surface area contributed by atoms with Crippen molar-refractivity contribution in [3.8, 4) is 5.75 Å². The summed E-state index contributed by atoms with van der Waals surface area (Å²) < 4.78 is 5.36. The molecule has 5 nitrogen and oxygen atoms in total. The Hall–Kier alpha value is -3.08. The normalized spacial score (nSPS) is 10.9. The molecule has 0 aliphatic heterocycles. The third-order valence-corrected chi connectivity index (χ3v) is 3.06. The van der Waals surface area contributed by atoms with E-state index in [2.05, 4.69) is 15.8 Å². The second kappa shape index (κ2) is 9.84. The predicted octanol–water partition coefficient (Wildman–Crippen LogP) is 3.31. The Balaban J connectivity index is 1.69. The molecule has 0 fully saturated rings. The van der Waals surface area contributed by atoms with Crippen LogP contribution in [0.5, 0.6) is 5.75 Å². The van der Waals surface area contributed by atoms with Crippen LogP contribution in [-0.2, 0) is 4.79 Å². The summed E-state index contributed by atoms with van der Waals surface area (Å²) in [7, 11) is 0. The first-order valence-electron chi connectivity index (χ1n) is 7.78. The van der Waals surface area contributed by atoms with E-state index in [0.29, 0.717) is 6.61 Å². The van der Waals surface area contributed by atoms with Crippen molar-refractivity contribution in [2.45, 2.75) is 6.92 Å². The minimum absolute atomic E-state index is 0.147. The number of carbonyl (C=O) groups is 1. The number of rotatable bonds is 8. The van der Waals surface area contributed by atoms with E-state index in [0.717, 1.165) is 17.0 Å². The van der Waals surface area contributed by atoms with Gasteiger partial charge in [-0.05, 0) is 42.8 Å². The molecule has 0 spiro atoms. The Bertz CT molecular complexity index is 680. The molecule has 1 amide bonds. The van der Waals surface area contributed by atoms with Gasteiger partial charge in [0.25, 0.3) is 5.91 Å². The number of hydrogen-bond acceptors (Lipinski definition) is 4. The predicted molar refractivity (Wildman–Crippen MR) is 98.2 cm³/mol. The molecule has 2 rings (SSSR count). The fraction of sp³-hybridized carbons (Fsp3) is 0.158. The van der Waals surface area contributed by atoms with E-state index in [1.807, 2.05) is 67.6 Å². The lowest BCUT2D eigenvalue weighted by Crippen LogP contribution is -2.25. The van der Waals surface area contributed by atoms with Gasteiger partial charge in [-0.2, -0.15) is 5.10 Å². The number of nitrogens with one attached hydrogen (secondary N) is 2. The average Bonchev–Trinajstić information content (AvgIpc) is 2.62. The molecule has 0 saturated carbocycles. The molecule has 0 bridgehead atoms. The lowest BCUT2D eigenvalue weighted by Gasteiger charge is -2.07. The minimum Gasteiger partial charge on any atom is -0.494 e. The highest BCUT2D eigenvalue weighted by atomic mass is 16.5. The molecule has 2 aromatic rings. The maximum atomic E-state index is 11.7. The average molecular weight is 323 g/mol. The van der Waals surface area contributed by atoms with Crippen LogP contribution in [-0.4, -0.2) is 25.3 Å². The molecule has 0 radical (unpaired) electrons. The van der Waals surface area contributed by atoms with Gasteiger partial charge in [0, 0.05) is 11.9 Å². The summed E-state index contributed by atoms with van der Waals surface area (Å²) in [5, 5.41) is 6.89. The molecule has 5 heteroatoms. The molecule has 0 aliphatic carbocycles. The minimum atomic E-state index is -0.215. The van der Waals surface area contributed by atoms with Gasteiger partial charge in [0.1, 0.15) is 5.75 Å². The van der Waals surface area contributed by atoms with Gasteiger partial charge in [0.05, 0.1) is 13.2 Å². The Kier molecular flexibility index (Phi) is 7.08. The van der Waals surface area contributed by atoms with Crippen molar-refractivity contribution in [3.05, 3.63) is 66.2 Å². The zero-order chi connectivity index (χ0) is 17.0. The van der Waals surface area contributed by atoms with Crippen molar-refractivity contribution in [1.82, 2.24) is 5.43 Å². The first-order valence-corrected chi connectivity index (χ1v) is 7.78. The summed E-state index contributed by atoms with van der Waals surface area (Å²) in [6, 6.07) is 17.3. The van der Waals surface area contributed by atoms with E-state index >= 15 is 0 Å². The van der Waals surface area contributed by atoms with Gasteiger partial charge < -0.3 is 10.1 Å². The maximum Gasteiger partial charge on any atom is 0.259 e. The van der Waals surface area contributed by atoms with Crippen molar-refractivity contribution in [2.24, 2.45) is 5.10 Å². The molecule has 0 aromatic heterocycles. The van der Waals surface area contributed by atoms with Crippen molar-refractivity contribution in [1.29, 1.82) is 0 Å². The van der Waals surface area contributed by atoms with Gasteiger partial charge >= 0.3 is 0 Å². The van der Waals surface area contributed by atoms with E-state index in [1.165, 1.54) is 0 Å². The monoisotopic (exact) mass is 323 g/mol. The summed E-state index contributed by atoms with van der Waals surface area (Å²) in [5.41, 5.74) is 4.39. The van der Waals surface area contributed by atoms with E-state index in [4.69, 9.17) is 4.74 Å². The van der Waals surface area contributed by atoms with Gasteiger partial charge in [-0.15, -0.1) is 0 Å². The smallest absolute Gasteiger partial charge is 0.259 e. The molecule has 0 heterocycles. The zero-order valence-corrected chi connectivity index (χ0v) is 13.6. The molecule has 0 saturated heterocycles. The summed E-state index contributed by atoms with van der Waals surface area (Å²) in [6.45, 7) is 2.71. The molecular weight excluding hydrogens is 302 g/mol. The summed E-state index contributed by atoms with van der Waals surface area (Å²) >= 11 is 0. The molecule has 2 aromatic carbocycles. The Labute approximate surface area is 142 Å². The van der Waals surface area contributed by atoms with Gasteiger partial charge in [-0.25, -0.2) is 5.43 Å². The van der Waals surface area contributed by atoms with Crippen molar-refractivity contribution >= 4 is 23.9 Å². The van der Waals surface area contributed by atoms with Crippen LogP contribution < -0.4 is 15.5 Å². The van der Waals surface area contributed by atoms with Crippen LogP contribution in [0.3, 0.4) is 0 Å². The number of hydrogen-bond donors (Lipinski definition) is 2. The van der Waals surface area contributed by atoms with Gasteiger partial charge in [0.2, 0.25) is 0 Å². The van der Waals surface area contributed by atoms with Crippen LogP contribution in [0.15, 0.2) is 65.8 Å². The Morgan fingerprint density at radius 1 is 1.12 bits per heavy atom. The van der Waals surface area contributed by atoms with E-state index in [9.17, 15) is 4.79 Å². The number of anilines is 1. The van der Waals surface area contributed by atoms with E-state index in [1.54, 1.807) is 12.3 Å². The van der Waals surface area contributed by atoms with Gasteiger partial charge in [-0.3, -0.25) is 4.79 Å². The van der Waals surface area contributed by atoms with Crippen LogP contribution in [0, 0.1) is 0 Å². The van der Waals surface area contributed by atoms with Crippen LogP contribution >= 0.6 is 0 Å². The molecule has 24 heavy (non-hydrogen) atoms. The number of amides is 1. The topological polar surface area (TPSA) is 62.7 Å². The second-order valence-electron chi connectivity index (χ2n) is 4.89. The fourth-order valence-corrected chi connectivity index (χ4v) is 1.93. The highest BCUT2D eigenvalue weighted by Crippen LogP contribution is 2.15. The fourth-order valence-electron chi connectivity index (χ4n) is 1.93. The molecule has 0 atom stereocenters. The first kappa shape index (κ1) is 17.3. The van der Waals surface area contributed by atoms with E-state index < -0.39 is 0 Å². The first-order chi connectivity index (χ1) is 11.8. The van der Waals surface area contributed by atoms with Crippen LogP contribution in [0.4, 0.5) is 5.69 Å². The largest absolute Gasteiger partial charge is 0.494 e. The maximum absolute atomic E-state index is 11.7. The van der Waals surface area contributed by atoms with Gasteiger partial charge in [0.15, 0.2) is 0 Å². The highest BCUT2D eigenvalue weighted by molar-refractivity contribution is 5.83. The molecule has 0 aliphatic rings. The Morgan fingerprint density at radius 3 is 2.58 bits per heavy atom. The lowest BCUT2D eigenvalue weighted by molar-refractivity contribution is -0.119. The number of allylic oxidation sites excluding steroid dienone is 1. The summed E-state index contributed by atoms with van der Waals surface area (Å²) in [6.07, 6.45) is 5.23. The second-order valence-corrected chi connectivity index (χ2v) is 4.89. The van der Waals surface area contributed by atoms with Crippen molar-refractivity contribution in [2.75, 3.05) is 18.5 Å². The quantitative estimate of drug-likeness (QED) is 0.579. The summed E-state index contributed by atoms with van der Waals surface area (Å²) in [4.78, 5) is 11.7. The third-order valence-electron chi connectivity index (χ3n) is 3.06. The standard InChI is InChI=1S/C19H21N3O2/c1-2-24-18-12-10-17(11-13-18)20-15-19(23)22-21-14-6-9-16-7-4-3-5-8-16/h3-14,20H,2,15H2,1H3,(H,22,23)/b9-6+,21-14+. The lowest BCUT2D eigenvalue weighted by atomic mass is 10.2. The number of nitrogens with zero attached hydrogens (tertiary/aromatic N) is 1. The SMILES string of the molecule is CCOc1ccc(NCC(=O)N/N=C/C=C/c2ccccc2)cc1. The van der Waals surface area contributed by atoms with Crippen molar-refractivity contribution in [3.63, 3.8) is 0 Å². The summed E-state index contributed by atoms with van der Waals surface area (Å²) in [5.74, 6) is 0.593. The number of ether oxygens (including phenoxy) is 1. The third kappa shape index (κ3) is 6.36. The number of benzene rings is 2. The van der Waals surface area contributed by atoms with Crippen LogP contribution in [0.25, 0.3) is 6.08 Å². The number of hydrazone groups is 1. The highest BCUT2D eigenvalue weighted by Gasteiger charge is 1.99. The molecule has 0 unspecified atom stereocenters. The van der Waals surface area contributed by atoms with Crippen molar-refractivity contribution < 1.29 is 9.53 Å². The Morgan fingerprint density at radius 2 is 1.88 bits per heavy atom. The van der Waals surface area contributed by atoms with Crippen LogP contribution in [0.2, 0.25) is 0 Å². The van der Waals surface area contributed by atoms with Crippen LogP contribution in [0.1, 0.15) is 12.5 Å². The molecule has 124 valence electrons. The molecular formula is C19H21N3O2. The van der Waals surface area contributed by atoms with Gasteiger partial charge in [-0.1, -0.05) is 36.4 Å². The molecule has 2 N–H and O–H groups in total.